The van der Waals surface area contributed by atoms with Crippen molar-refractivity contribution in [3.8, 4) is 22.6 Å². The number of imidazole rings is 1. The van der Waals surface area contributed by atoms with E-state index in [1.54, 1.807) is 11.1 Å². The molecular formula is C35H39N5O4. The molecule has 0 unspecified atom stereocenters. The third kappa shape index (κ3) is 7.58. The first-order valence-corrected chi connectivity index (χ1v) is 15.6. The van der Waals surface area contributed by atoms with Crippen LogP contribution >= 0.6 is 0 Å². The average molecular weight is 594 g/mol. The summed E-state index contributed by atoms with van der Waals surface area (Å²) in [5.74, 6) is 0.724. The van der Waals surface area contributed by atoms with Gasteiger partial charge in [0.05, 0.1) is 16.8 Å². The lowest BCUT2D eigenvalue weighted by molar-refractivity contribution is -0.384. The molecule has 1 aliphatic carbocycles. The number of aromatic nitrogens is 2. The number of nitrogens with one attached hydrogen (secondary N) is 2. The highest BCUT2D eigenvalue weighted by atomic mass is 16.6. The summed E-state index contributed by atoms with van der Waals surface area (Å²) in [5.41, 5.74) is 4.61. The summed E-state index contributed by atoms with van der Waals surface area (Å²) in [6, 6.07) is 21.2. The minimum absolute atomic E-state index is 0.0473. The number of nitro benzene ring substituents is 1. The van der Waals surface area contributed by atoms with Crippen molar-refractivity contribution in [1.82, 2.24) is 9.97 Å². The van der Waals surface area contributed by atoms with E-state index in [4.69, 9.17) is 0 Å². The minimum Gasteiger partial charge on any atom is -0.338 e. The number of rotatable bonds is 11. The minimum atomic E-state index is -0.472. The van der Waals surface area contributed by atoms with Crippen LogP contribution in [0.4, 0.5) is 17.1 Å². The van der Waals surface area contributed by atoms with Crippen LogP contribution in [0, 0.1) is 16.0 Å². The number of carbonyl (C=O) groups is 2. The summed E-state index contributed by atoms with van der Waals surface area (Å²) in [6.45, 7) is 2.66. The van der Waals surface area contributed by atoms with Crippen molar-refractivity contribution in [2.24, 2.45) is 5.92 Å². The Morgan fingerprint density at radius 3 is 2.20 bits per heavy atom. The molecule has 2 N–H and O–H groups in total. The van der Waals surface area contributed by atoms with Gasteiger partial charge in [0.15, 0.2) is 0 Å². The van der Waals surface area contributed by atoms with Crippen LogP contribution in [0.15, 0.2) is 79.0 Å². The van der Waals surface area contributed by atoms with Crippen molar-refractivity contribution >= 4 is 28.9 Å². The SMILES string of the molecule is CCCCCN(C(=O)c1ccc([N+](=O)[O-])cc1)c1ccc(-c2ncc(-c3ccc(NC(=O)C4CCCCCC4)cc3)[nH]2)cc1. The molecule has 0 aliphatic heterocycles. The normalized spacial score (nSPS) is 13.7. The van der Waals surface area contributed by atoms with Crippen molar-refractivity contribution in [3.05, 3.63) is 94.7 Å². The van der Waals surface area contributed by atoms with Crippen molar-refractivity contribution in [2.45, 2.75) is 64.7 Å². The van der Waals surface area contributed by atoms with Crippen LogP contribution < -0.4 is 10.2 Å². The van der Waals surface area contributed by atoms with Gasteiger partial charge in [-0.15, -0.1) is 0 Å². The largest absolute Gasteiger partial charge is 0.338 e. The van der Waals surface area contributed by atoms with Crippen molar-refractivity contribution < 1.29 is 14.5 Å². The molecule has 44 heavy (non-hydrogen) atoms. The van der Waals surface area contributed by atoms with E-state index in [0.717, 1.165) is 73.1 Å². The van der Waals surface area contributed by atoms with Gasteiger partial charge in [-0.25, -0.2) is 4.98 Å². The monoisotopic (exact) mass is 593 g/mol. The fraction of sp³-hybridized carbons (Fsp3) is 0.343. The van der Waals surface area contributed by atoms with Crippen LogP contribution in [-0.4, -0.2) is 33.3 Å². The fourth-order valence-corrected chi connectivity index (χ4v) is 5.68. The predicted octanol–water partition coefficient (Wildman–Crippen LogP) is 8.40. The van der Waals surface area contributed by atoms with Gasteiger partial charge in [0.25, 0.3) is 11.6 Å². The average Bonchev–Trinajstić information content (AvgIpc) is 3.38. The first-order valence-electron chi connectivity index (χ1n) is 15.6. The standard InChI is InChI=1S/C35H39N5O4/c1-2-3-8-23-39(35(42)28-15-21-31(22-16-28)40(43)44)30-19-13-26(14-20-30)33-36-24-32(38-33)25-11-17-29(18-12-25)37-34(41)27-9-6-4-5-7-10-27/h11-22,24,27H,2-10,23H2,1H3,(H,36,38)(H,37,41). The van der Waals surface area contributed by atoms with Crippen molar-refractivity contribution in [3.63, 3.8) is 0 Å². The van der Waals surface area contributed by atoms with Gasteiger partial charge >= 0.3 is 0 Å². The summed E-state index contributed by atoms with van der Waals surface area (Å²) in [4.78, 5) is 46.4. The van der Waals surface area contributed by atoms with Gasteiger partial charge in [0.2, 0.25) is 5.91 Å². The maximum atomic E-state index is 13.4. The Labute approximate surface area is 257 Å². The Bertz CT molecular complexity index is 1550. The first-order chi connectivity index (χ1) is 21.4. The first kappa shape index (κ1) is 30.7. The molecule has 5 rings (SSSR count). The predicted molar refractivity (Wildman–Crippen MR) is 174 cm³/mol. The van der Waals surface area contributed by atoms with Crippen LogP contribution in [0.1, 0.15) is 75.1 Å². The van der Waals surface area contributed by atoms with E-state index in [-0.39, 0.29) is 23.4 Å². The molecule has 0 bridgehead atoms. The van der Waals surface area contributed by atoms with Crippen LogP contribution in [-0.2, 0) is 4.79 Å². The number of nitro groups is 1. The summed E-state index contributed by atoms with van der Waals surface area (Å²) in [5, 5.41) is 14.1. The van der Waals surface area contributed by atoms with Gasteiger partial charge < -0.3 is 15.2 Å². The molecule has 1 saturated carbocycles. The number of hydrogen-bond donors (Lipinski definition) is 2. The zero-order chi connectivity index (χ0) is 30.9. The van der Waals surface area contributed by atoms with Gasteiger partial charge in [-0.3, -0.25) is 19.7 Å². The number of non-ortho nitro benzene ring substituents is 1. The maximum Gasteiger partial charge on any atom is 0.269 e. The molecule has 1 aromatic heterocycles. The number of amides is 2. The highest BCUT2D eigenvalue weighted by molar-refractivity contribution is 6.06. The smallest absolute Gasteiger partial charge is 0.269 e. The quantitative estimate of drug-likeness (QED) is 0.0783. The number of unbranched alkanes of at least 4 members (excludes halogenated alkanes) is 2. The summed E-state index contributed by atoms with van der Waals surface area (Å²) >= 11 is 0. The van der Waals surface area contributed by atoms with Gasteiger partial charge in [-0.1, -0.05) is 57.6 Å². The van der Waals surface area contributed by atoms with Gasteiger partial charge in [-0.05, 0) is 73.4 Å². The number of H-pyrrole nitrogens is 1. The number of carbonyl (C=O) groups excluding carboxylic acids is 2. The van der Waals surface area contributed by atoms with Crippen LogP contribution in [0.5, 0.6) is 0 Å². The topological polar surface area (TPSA) is 121 Å². The molecule has 2 amide bonds. The fourth-order valence-electron chi connectivity index (χ4n) is 5.68. The molecular weight excluding hydrogens is 554 g/mol. The molecule has 9 nitrogen and oxygen atoms in total. The molecule has 0 spiro atoms. The lowest BCUT2D eigenvalue weighted by Crippen LogP contribution is -2.32. The second-order valence-corrected chi connectivity index (χ2v) is 11.4. The van der Waals surface area contributed by atoms with Crippen molar-refractivity contribution in [2.75, 3.05) is 16.8 Å². The molecule has 0 radical (unpaired) electrons. The molecule has 1 heterocycles. The Hall–Kier alpha value is -4.79. The van der Waals surface area contributed by atoms with E-state index in [2.05, 4.69) is 22.2 Å². The van der Waals surface area contributed by atoms with E-state index in [1.165, 1.54) is 37.1 Å². The van der Waals surface area contributed by atoms with Gasteiger partial charge in [0.1, 0.15) is 5.82 Å². The lowest BCUT2D eigenvalue weighted by Gasteiger charge is -2.23. The number of hydrogen-bond acceptors (Lipinski definition) is 5. The highest BCUT2D eigenvalue weighted by Gasteiger charge is 2.21. The number of anilines is 2. The van der Waals surface area contributed by atoms with E-state index < -0.39 is 4.92 Å². The molecule has 228 valence electrons. The molecule has 1 fully saturated rings. The van der Waals surface area contributed by atoms with Crippen LogP contribution in [0.3, 0.4) is 0 Å². The molecule has 0 saturated heterocycles. The van der Waals surface area contributed by atoms with Crippen molar-refractivity contribution in [1.29, 1.82) is 0 Å². The summed E-state index contributed by atoms with van der Waals surface area (Å²) < 4.78 is 0. The maximum absolute atomic E-state index is 13.4. The Balaban J connectivity index is 1.26. The number of aromatic amines is 1. The van der Waals surface area contributed by atoms with Crippen LogP contribution in [0.2, 0.25) is 0 Å². The molecule has 0 atom stereocenters. The van der Waals surface area contributed by atoms with Gasteiger partial charge in [0, 0.05) is 47.1 Å². The molecule has 9 heteroatoms. The lowest BCUT2D eigenvalue weighted by atomic mass is 9.99. The summed E-state index contributed by atoms with van der Waals surface area (Å²) in [7, 11) is 0. The second kappa shape index (κ2) is 14.6. The second-order valence-electron chi connectivity index (χ2n) is 11.4. The Kier molecular flexibility index (Phi) is 10.2. The molecule has 4 aromatic rings. The number of benzene rings is 3. The van der Waals surface area contributed by atoms with Gasteiger partial charge in [-0.2, -0.15) is 0 Å². The Morgan fingerprint density at radius 2 is 1.57 bits per heavy atom. The van der Waals surface area contributed by atoms with Crippen LogP contribution in [0.25, 0.3) is 22.6 Å². The zero-order valence-electron chi connectivity index (χ0n) is 25.1. The van der Waals surface area contributed by atoms with E-state index in [9.17, 15) is 19.7 Å². The van der Waals surface area contributed by atoms with E-state index in [1.807, 2.05) is 48.5 Å². The Morgan fingerprint density at radius 1 is 0.909 bits per heavy atom. The zero-order valence-corrected chi connectivity index (χ0v) is 25.1. The molecule has 3 aromatic carbocycles. The van der Waals surface area contributed by atoms with E-state index in [0.29, 0.717) is 17.9 Å². The summed E-state index contributed by atoms with van der Waals surface area (Å²) in [6.07, 6.45) is 11.3. The number of nitrogens with zero attached hydrogens (tertiary/aromatic N) is 3. The third-order valence-corrected chi connectivity index (χ3v) is 8.27. The third-order valence-electron chi connectivity index (χ3n) is 8.27. The van der Waals surface area contributed by atoms with E-state index >= 15 is 0 Å². The molecule has 1 aliphatic rings. The highest BCUT2D eigenvalue weighted by Crippen LogP contribution is 2.28.